The molecule has 92 valence electrons. The molecule has 0 aliphatic heterocycles. The molecule has 0 saturated heterocycles. The van der Waals surface area contributed by atoms with Crippen molar-refractivity contribution in [2.75, 3.05) is 5.73 Å². The number of nitrogen functional groups attached to an aromatic ring is 1. The molecule has 0 saturated carbocycles. The quantitative estimate of drug-likeness (QED) is 0.901. The predicted molar refractivity (Wildman–Crippen MR) is 73.2 cm³/mol. The van der Waals surface area contributed by atoms with Crippen LogP contribution < -0.4 is 11.5 Å². The Bertz CT molecular complexity index is 605. The number of rotatable bonds is 3. The minimum Gasteiger partial charge on any atom is -0.397 e. The Balaban J connectivity index is 2.37. The van der Waals surface area contributed by atoms with Gasteiger partial charge in [-0.05, 0) is 52.0 Å². The van der Waals surface area contributed by atoms with Crippen LogP contribution in [-0.2, 0) is 0 Å². The summed E-state index contributed by atoms with van der Waals surface area (Å²) in [6, 6.07) is 6.77. The third-order valence-electron chi connectivity index (χ3n) is 2.06. The van der Waals surface area contributed by atoms with Crippen LogP contribution in [0.15, 0.2) is 45.0 Å². The van der Waals surface area contributed by atoms with Crippen molar-refractivity contribution < 1.29 is 4.79 Å². The Labute approximate surface area is 116 Å². The summed E-state index contributed by atoms with van der Waals surface area (Å²) in [4.78, 5) is 19.4. The molecule has 1 amide bonds. The lowest BCUT2D eigenvalue weighted by Crippen LogP contribution is -2.13. The summed E-state index contributed by atoms with van der Waals surface area (Å²) in [6.45, 7) is 0. The van der Waals surface area contributed by atoms with E-state index in [-0.39, 0.29) is 5.69 Å². The number of pyridine rings is 2. The fourth-order valence-corrected chi connectivity index (χ4v) is 2.50. The number of anilines is 1. The molecule has 5 nitrogen and oxygen atoms in total. The van der Waals surface area contributed by atoms with Crippen molar-refractivity contribution in [2.45, 2.75) is 10.1 Å². The SMILES string of the molecule is NC(=O)c1ccc(N)c(Sc2ncccc2Br)n1. The molecule has 0 unspecified atom stereocenters. The van der Waals surface area contributed by atoms with Crippen LogP contribution in [0, 0.1) is 0 Å². The Morgan fingerprint density at radius 3 is 2.72 bits per heavy atom. The number of nitrogens with zero attached hydrogens (tertiary/aromatic N) is 2. The summed E-state index contributed by atoms with van der Waals surface area (Å²) in [5.41, 5.74) is 11.6. The molecule has 18 heavy (non-hydrogen) atoms. The normalized spacial score (nSPS) is 10.3. The van der Waals surface area contributed by atoms with Gasteiger partial charge >= 0.3 is 0 Å². The van der Waals surface area contributed by atoms with Gasteiger partial charge in [0, 0.05) is 6.20 Å². The summed E-state index contributed by atoms with van der Waals surface area (Å²) in [5.74, 6) is -0.586. The van der Waals surface area contributed by atoms with Crippen LogP contribution in [0.25, 0.3) is 0 Å². The molecule has 0 aliphatic rings. The zero-order valence-corrected chi connectivity index (χ0v) is 11.5. The van der Waals surface area contributed by atoms with E-state index in [4.69, 9.17) is 11.5 Å². The zero-order valence-electron chi connectivity index (χ0n) is 9.13. The molecular formula is C11H9BrN4OS. The van der Waals surface area contributed by atoms with Crippen LogP contribution in [0.3, 0.4) is 0 Å². The van der Waals surface area contributed by atoms with Crippen molar-refractivity contribution in [3.8, 4) is 0 Å². The van der Waals surface area contributed by atoms with E-state index >= 15 is 0 Å². The maximum absolute atomic E-state index is 11.1. The van der Waals surface area contributed by atoms with Gasteiger partial charge in [-0.2, -0.15) is 0 Å². The molecule has 0 spiro atoms. The second kappa shape index (κ2) is 5.36. The largest absolute Gasteiger partial charge is 0.397 e. The Kier molecular flexibility index (Phi) is 3.83. The topological polar surface area (TPSA) is 94.9 Å². The van der Waals surface area contributed by atoms with Crippen LogP contribution in [0.1, 0.15) is 10.5 Å². The van der Waals surface area contributed by atoms with E-state index in [2.05, 4.69) is 25.9 Å². The summed E-state index contributed by atoms with van der Waals surface area (Å²) in [7, 11) is 0. The van der Waals surface area contributed by atoms with Gasteiger partial charge < -0.3 is 11.5 Å². The summed E-state index contributed by atoms with van der Waals surface area (Å²) in [6.07, 6.45) is 1.67. The first-order chi connectivity index (χ1) is 8.58. The Morgan fingerprint density at radius 2 is 2.06 bits per heavy atom. The smallest absolute Gasteiger partial charge is 0.267 e. The van der Waals surface area contributed by atoms with E-state index in [0.717, 1.165) is 9.50 Å². The van der Waals surface area contributed by atoms with Gasteiger partial charge in [0.2, 0.25) is 0 Å². The summed E-state index contributed by atoms with van der Waals surface area (Å²) in [5, 5.41) is 1.23. The number of carbonyl (C=O) groups is 1. The second-order valence-electron chi connectivity index (χ2n) is 3.35. The first kappa shape index (κ1) is 12.8. The van der Waals surface area contributed by atoms with Crippen molar-refractivity contribution in [3.63, 3.8) is 0 Å². The summed E-state index contributed by atoms with van der Waals surface area (Å²) >= 11 is 4.65. The fourth-order valence-electron chi connectivity index (χ4n) is 1.21. The van der Waals surface area contributed by atoms with E-state index in [0.29, 0.717) is 10.7 Å². The monoisotopic (exact) mass is 324 g/mol. The Hall–Kier alpha value is -1.60. The van der Waals surface area contributed by atoms with Crippen molar-refractivity contribution in [2.24, 2.45) is 5.73 Å². The number of halogens is 1. The highest BCUT2D eigenvalue weighted by Crippen LogP contribution is 2.33. The lowest BCUT2D eigenvalue weighted by atomic mass is 10.3. The predicted octanol–water partition coefficient (Wildman–Crippen LogP) is 2.07. The highest BCUT2D eigenvalue weighted by Gasteiger charge is 2.11. The molecule has 0 atom stereocenters. The average molecular weight is 325 g/mol. The molecule has 7 heteroatoms. The van der Waals surface area contributed by atoms with E-state index in [9.17, 15) is 4.79 Å². The molecule has 0 aliphatic carbocycles. The molecule has 0 fully saturated rings. The molecule has 0 radical (unpaired) electrons. The van der Waals surface area contributed by atoms with Gasteiger partial charge in [0.05, 0.1) is 10.2 Å². The number of amides is 1. The lowest BCUT2D eigenvalue weighted by molar-refractivity contribution is 0.0995. The second-order valence-corrected chi connectivity index (χ2v) is 5.18. The van der Waals surface area contributed by atoms with Crippen molar-refractivity contribution in [3.05, 3.63) is 40.6 Å². The van der Waals surface area contributed by atoms with Crippen LogP contribution in [0.5, 0.6) is 0 Å². The Morgan fingerprint density at radius 1 is 1.28 bits per heavy atom. The molecule has 2 rings (SSSR count). The number of carbonyl (C=O) groups excluding carboxylic acids is 1. The molecule has 4 N–H and O–H groups in total. The third-order valence-corrected chi connectivity index (χ3v) is 4.00. The van der Waals surface area contributed by atoms with Gasteiger partial charge in [-0.15, -0.1) is 0 Å². The van der Waals surface area contributed by atoms with E-state index in [1.807, 2.05) is 12.1 Å². The van der Waals surface area contributed by atoms with Gasteiger partial charge in [0.25, 0.3) is 5.91 Å². The summed E-state index contributed by atoms with van der Waals surface area (Å²) < 4.78 is 0.834. The number of hydrogen-bond acceptors (Lipinski definition) is 5. The zero-order chi connectivity index (χ0) is 13.1. The van der Waals surface area contributed by atoms with Gasteiger partial charge in [0.15, 0.2) is 0 Å². The standard InChI is InChI=1S/C11H9BrN4OS/c12-6-2-1-5-15-10(6)18-11-7(13)3-4-8(16-11)9(14)17/h1-5H,13H2,(H2,14,17). The van der Waals surface area contributed by atoms with Crippen LogP contribution in [0.2, 0.25) is 0 Å². The van der Waals surface area contributed by atoms with E-state index in [1.54, 1.807) is 12.3 Å². The number of primary amides is 1. The molecule has 2 heterocycles. The molecular weight excluding hydrogens is 316 g/mol. The lowest BCUT2D eigenvalue weighted by Gasteiger charge is -2.06. The highest BCUT2D eigenvalue weighted by atomic mass is 79.9. The molecule has 0 bridgehead atoms. The third kappa shape index (κ3) is 2.80. The van der Waals surface area contributed by atoms with Gasteiger partial charge in [-0.25, -0.2) is 9.97 Å². The van der Waals surface area contributed by atoms with E-state index in [1.165, 1.54) is 17.8 Å². The average Bonchev–Trinajstić information content (AvgIpc) is 2.34. The van der Waals surface area contributed by atoms with Gasteiger partial charge in [-0.3, -0.25) is 4.79 Å². The first-order valence-corrected chi connectivity index (χ1v) is 6.53. The van der Waals surface area contributed by atoms with Crippen molar-refractivity contribution in [1.82, 2.24) is 9.97 Å². The fraction of sp³-hybridized carbons (Fsp3) is 0. The van der Waals surface area contributed by atoms with Crippen molar-refractivity contribution in [1.29, 1.82) is 0 Å². The maximum atomic E-state index is 11.1. The number of nitrogens with two attached hydrogens (primary N) is 2. The first-order valence-electron chi connectivity index (χ1n) is 4.92. The number of aromatic nitrogens is 2. The highest BCUT2D eigenvalue weighted by molar-refractivity contribution is 9.10. The van der Waals surface area contributed by atoms with E-state index < -0.39 is 5.91 Å². The van der Waals surface area contributed by atoms with Gasteiger partial charge in [0.1, 0.15) is 15.7 Å². The van der Waals surface area contributed by atoms with Crippen LogP contribution in [-0.4, -0.2) is 15.9 Å². The maximum Gasteiger partial charge on any atom is 0.267 e. The van der Waals surface area contributed by atoms with Crippen LogP contribution >= 0.6 is 27.7 Å². The molecule has 2 aromatic heterocycles. The minimum atomic E-state index is -0.586. The minimum absolute atomic E-state index is 0.179. The molecule has 2 aromatic rings. The van der Waals surface area contributed by atoms with Crippen molar-refractivity contribution >= 4 is 39.3 Å². The van der Waals surface area contributed by atoms with Crippen LogP contribution in [0.4, 0.5) is 5.69 Å². The molecule has 0 aromatic carbocycles. The number of hydrogen-bond donors (Lipinski definition) is 2. The van der Waals surface area contributed by atoms with Gasteiger partial charge in [-0.1, -0.05) is 0 Å².